The van der Waals surface area contributed by atoms with Crippen LogP contribution in [-0.4, -0.2) is 40.7 Å². The molecule has 116 valence electrons. The minimum Gasteiger partial charge on any atom is -0.354 e. The molecule has 3 amide bonds. The number of nitrogens with one attached hydrogen (secondary N) is 1. The number of hydrogen-bond acceptors (Lipinski definition) is 4. The van der Waals surface area contributed by atoms with E-state index in [2.05, 4.69) is 10.3 Å². The van der Waals surface area contributed by atoms with Crippen molar-refractivity contribution < 1.29 is 14.4 Å². The summed E-state index contributed by atoms with van der Waals surface area (Å²) in [5, 5.41) is 2.84. The summed E-state index contributed by atoms with van der Waals surface area (Å²) in [6.07, 6.45) is 6.76. The van der Waals surface area contributed by atoms with Crippen molar-refractivity contribution in [2.75, 3.05) is 13.1 Å². The Bertz CT molecular complexity index is 573. The lowest BCUT2D eigenvalue weighted by molar-refractivity contribution is -0.125. The van der Waals surface area contributed by atoms with Crippen LogP contribution in [0.15, 0.2) is 18.3 Å². The summed E-state index contributed by atoms with van der Waals surface area (Å²) in [6, 6.07) is 3.24. The van der Waals surface area contributed by atoms with Crippen LogP contribution in [0.25, 0.3) is 0 Å². The molecule has 0 saturated heterocycles. The van der Waals surface area contributed by atoms with E-state index in [0.717, 1.165) is 30.6 Å². The zero-order valence-electron chi connectivity index (χ0n) is 12.4. The SMILES string of the molecule is O=C(NCCN1C(=O)c2cccnc2C1=O)C1CCCCC1. The zero-order valence-corrected chi connectivity index (χ0v) is 12.4. The van der Waals surface area contributed by atoms with Gasteiger partial charge in [0, 0.05) is 25.2 Å². The van der Waals surface area contributed by atoms with E-state index in [-0.39, 0.29) is 35.9 Å². The molecule has 1 saturated carbocycles. The van der Waals surface area contributed by atoms with Gasteiger partial charge in [0.2, 0.25) is 5.91 Å². The number of amides is 3. The van der Waals surface area contributed by atoms with E-state index >= 15 is 0 Å². The number of nitrogens with zero attached hydrogens (tertiary/aromatic N) is 2. The molecule has 2 heterocycles. The highest BCUT2D eigenvalue weighted by atomic mass is 16.2. The number of fused-ring (bicyclic) bond motifs is 1. The molecule has 0 radical (unpaired) electrons. The molecule has 1 aliphatic carbocycles. The van der Waals surface area contributed by atoms with Crippen LogP contribution in [0.3, 0.4) is 0 Å². The first-order valence-corrected chi connectivity index (χ1v) is 7.77. The number of carbonyl (C=O) groups is 3. The highest BCUT2D eigenvalue weighted by molar-refractivity contribution is 6.20. The molecule has 0 bridgehead atoms. The second-order valence-electron chi connectivity index (χ2n) is 5.79. The Labute approximate surface area is 128 Å². The van der Waals surface area contributed by atoms with E-state index < -0.39 is 0 Å². The van der Waals surface area contributed by atoms with E-state index in [4.69, 9.17) is 0 Å². The van der Waals surface area contributed by atoms with Crippen LogP contribution in [0.4, 0.5) is 0 Å². The Balaban J connectivity index is 1.53. The summed E-state index contributed by atoms with van der Waals surface area (Å²) in [5.41, 5.74) is 0.539. The molecule has 22 heavy (non-hydrogen) atoms. The van der Waals surface area contributed by atoms with E-state index in [1.807, 2.05) is 0 Å². The molecule has 1 N–H and O–H groups in total. The first kappa shape index (κ1) is 14.7. The van der Waals surface area contributed by atoms with Crippen LogP contribution in [0.1, 0.15) is 53.0 Å². The van der Waals surface area contributed by atoms with Crippen molar-refractivity contribution in [1.29, 1.82) is 0 Å². The molecule has 0 spiro atoms. The third-order valence-electron chi connectivity index (χ3n) is 4.34. The molecule has 3 rings (SSSR count). The van der Waals surface area contributed by atoms with Gasteiger partial charge < -0.3 is 5.32 Å². The van der Waals surface area contributed by atoms with E-state index in [1.165, 1.54) is 12.6 Å². The summed E-state index contributed by atoms with van der Waals surface area (Å²) in [5.74, 6) is -0.598. The predicted octanol–water partition coefficient (Wildman–Crippen LogP) is 1.37. The maximum absolute atomic E-state index is 12.1. The molecular weight excluding hydrogens is 282 g/mol. The third-order valence-corrected chi connectivity index (χ3v) is 4.34. The van der Waals surface area contributed by atoms with Gasteiger partial charge in [-0.25, -0.2) is 0 Å². The van der Waals surface area contributed by atoms with Crippen LogP contribution in [0, 0.1) is 5.92 Å². The minimum absolute atomic E-state index is 0.0365. The van der Waals surface area contributed by atoms with Gasteiger partial charge in [-0.2, -0.15) is 0 Å². The summed E-state index contributed by atoms with van der Waals surface area (Å²) in [4.78, 5) is 41.4. The van der Waals surface area contributed by atoms with Gasteiger partial charge in [0.15, 0.2) is 0 Å². The van der Waals surface area contributed by atoms with Crippen molar-refractivity contribution >= 4 is 17.7 Å². The molecule has 6 nitrogen and oxygen atoms in total. The third kappa shape index (κ3) is 2.73. The van der Waals surface area contributed by atoms with Gasteiger partial charge in [-0.1, -0.05) is 19.3 Å². The molecule has 0 unspecified atom stereocenters. The average molecular weight is 301 g/mol. The number of aromatic nitrogens is 1. The lowest BCUT2D eigenvalue weighted by atomic mass is 9.89. The van der Waals surface area contributed by atoms with Crippen LogP contribution in [0.2, 0.25) is 0 Å². The van der Waals surface area contributed by atoms with Crippen LogP contribution in [0.5, 0.6) is 0 Å². The lowest BCUT2D eigenvalue weighted by Gasteiger charge is -2.21. The standard InChI is InChI=1S/C16H19N3O3/c20-14(11-5-2-1-3-6-11)18-9-10-19-15(21)12-7-4-8-17-13(12)16(19)22/h4,7-8,11H,1-3,5-6,9-10H2,(H,18,20). The number of imide groups is 1. The first-order chi connectivity index (χ1) is 10.7. The summed E-state index contributed by atoms with van der Waals surface area (Å²) in [6.45, 7) is 0.479. The topological polar surface area (TPSA) is 79.4 Å². The number of carbonyl (C=O) groups excluding carboxylic acids is 3. The summed E-state index contributed by atoms with van der Waals surface area (Å²) >= 11 is 0. The quantitative estimate of drug-likeness (QED) is 0.852. The Hall–Kier alpha value is -2.24. The van der Waals surface area contributed by atoms with Crippen LogP contribution >= 0.6 is 0 Å². The fourth-order valence-electron chi connectivity index (χ4n) is 3.12. The van der Waals surface area contributed by atoms with E-state index in [9.17, 15) is 14.4 Å². The van der Waals surface area contributed by atoms with Crippen molar-refractivity contribution in [3.05, 3.63) is 29.6 Å². The minimum atomic E-state index is -0.382. The fraction of sp³-hybridized carbons (Fsp3) is 0.500. The Morgan fingerprint density at radius 3 is 2.73 bits per heavy atom. The number of hydrogen-bond donors (Lipinski definition) is 1. The van der Waals surface area contributed by atoms with Crippen molar-refractivity contribution in [2.45, 2.75) is 32.1 Å². The van der Waals surface area contributed by atoms with Gasteiger partial charge in [0.05, 0.1) is 5.56 Å². The van der Waals surface area contributed by atoms with Crippen molar-refractivity contribution in [1.82, 2.24) is 15.2 Å². The van der Waals surface area contributed by atoms with Crippen LogP contribution in [-0.2, 0) is 4.79 Å². The summed E-state index contributed by atoms with van der Waals surface area (Å²) < 4.78 is 0. The second-order valence-corrected chi connectivity index (χ2v) is 5.79. The molecule has 1 aromatic heterocycles. The second kappa shape index (κ2) is 6.25. The molecular formula is C16H19N3O3. The predicted molar refractivity (Wildman–Crippen MR) is 79.2 cm³/mol. The van der Waals surface area contributed by atoms with Gasteiger partial charge in [-0.3, -0.25) is 24.3 Å². The fourth-order valence-corrected chi connectivity index (χ4v) is 3.12. The van der Waals surface area contributed by atoms with Gasteiger partial charge in [0.25, 0.3) is 11.8 Å². The van der Waals surface area contributed by atoms with Crippen molar-refractivity contribution in [2.24, 2.45) is 5.92 Å². The Kier molecular flexibility index (Phi) is 4.18. The molecule has 0 aromatic carbocycles. The van der Waals surface area contributed by atoms with Gasteiger partial charge in [-0.15, -0.1) is 0 Å². The molecule has 2 aliphatic rings. The van der Waals surface area contributed by atoms with Gasteiger partial charge >= 0.3 is 0 Å². The molecule has 1 aromatic rings. The largest absolute Gasteiger partial charge is 0.354 e. The number of rotatable bonds is 4. The molecule has 1 fully saturated rings. The normalized spacial score (nSPS) is 18.5. The Morgan fingerprint density at radius 1 is 1.23 bits per heavy atom. The smallest absolute Gasteiger partial charge is 0.280 e. The van der Waals surface area contributed by atoms with E-state index in [1.54, 1.807) is 12.1 Å². The monoisotopic (exact) mass is 301 g/mol. The molecule has 1 aliphatic heterocycles. The number of pyridine rings is 1. The van der Waals surface area contributed by atoms with Gasteiger partial charge in [0.1, 0.15) is 5.69 Å². The first-order valence-electron chi connectivity index (χ1n) is 7.77. The Morgan fingerprint density at radius 2 is 2.00 bits per heavy atom. The zero-order chi connectivity index (χ0) is 15.5. The highest BCUT2D eigenvalue weighted by Crippen LogP contribution is 2.23. The maximum atomic E-state index is 12.1. The maximum Gasteiger partial charge on any atom is 0.280 e. The van der Waals surface area contributed by atoms with E-state index in [0.29, 0.717) is 12.1 Å². The lowest BCUT2D eigenvalue weighted by Crippen LogP contribution is -2.40. The van der Waals surface area contributed by atoms with Crippen molar-refractivity contribution in [3.8, 4) is 0 Å². The van der Waals surface area contributed by atoms with Gasteiger partial charge in [-0.05, 0) is 25.0 Å². The summed E-state index contributed by atoms with van der Waals surface area (Å²) in [7, 11) is 0. The average Bonchev–Trinajstić information content (AvgIpc) is 2.81. The van der Waals surface area contributed by atoms with Crippen molar-refractivity contribution in [3.63, 3.8) is 0 Å². The van der Waals surface area contributed by atoms with Crippen LogP contribution < -0.4 is 5.32 Å². The molecule has 6 heteroatoms. The molecule has 0 atom stereocenters. The highest BCUT2D eigenvalue weighted by Gasteiger charge is 2.36.